The van der Waals surface area contributed by atoms with Crippen molar-refractivity contribution in [2.45, 2.75) is 6.92 Å². The van der Waals surface area contributed by atoms with E-state index in [0.29, 0.717) is 5.01 Å². The number of hydrogen-bond acceptors (Lipinski definition) is 3. The van der Waals surface area contributed by atoms with Gasteiger partial charge in [0.1, 0.15) is 5.69 Å². The quantitative estimate of drug-likeness (QED) is 0.430. The van der Waals surface area contributed by atoms with Gasteiger partial charge in [0.05, 0.1) is 0 Å². The second-order valence-electron chi connectivity index (χ2n) is 2.97. The summed E-state index contributed by atoms with van der Waals surface area (Å²) in [7, 11) is 0. The molecule has 0 aliphatic rings. The number of para-hydroxylation sites is 1. The lowest BCUT2D eigenvalue weighted by molar-refractivity contribution is -0.483. The van der Waals surface area contributed by atoms with E-state index in [1.807, 2.05) is 0 Å². The second kappa shape index (κ2) is 4.36. The third-order valence-corrected chi connectivity index (χ3v) is 1.72. The van der Waals surface area contributed by atoms with Crippen molar-refractivity contribution in [1.82, 2.24) is 0 Å². The van der Waals surface area contributed by atoms with Crippen LogP contribution in [0.25, 0.3) is 0 Å². The zero-order valence-electron chi connectivity index (χ0n) is 8.21. The Labute approximate surface area is 86.7 Å². The van der Waals surface area contributed by atoms with E-state index in [2.05, 4.69) is 6.58 Å². The van der Waals surface area contributed by atoms with Crippen LogP contribution in [0, 0.1) is 10.1 Å². The smallest absolute Gasteiger partial charge is 0.263 e. The van der Waals surface area contributed by atoms with Gasteiger partial charge in [0.25, 0.3) is 0 Å². The number of nitro groups is 1. The van der Waals surface area contributed by atoms with Crippen LogP contribution < -0.4 is 5.01 Å². The second-order valence-corrected chi connectivity index (χ2v) is 2.97. The summed E-state index contributed by atoms with van der Waals surface area (Å²) in [6, 6.07) is 7.94. The lowest BCUT2D eigenvalue weighted by atomic mass is 10.2. The van der Waals surface area contributed by atoms with Gasteiger partial charge in [-0.05, 0) is 24.1 Å². The average Bonchev–Trinajstić information content (AvgIpc) is 2.18. The van der Waals surface area contributed by atoms with Crippen LogP contribution in [0.4, 0.5) is 5.69 Å². The van der Waals surface area contributed by atoms with Crippen LogP contribution in [-0.4, -0.2) is 10.9 Å². The highest BCUT2D eigenvalue weighted by molar-refractivity contribution is 6.02. The molecule has 78 valence electrons. The standard InChI is InChI=1S/C10H10N2O3/c1-8(2)10(13)11(12(14)15)9-6-4-3-5-7-9/h3-7H,1H2,2H3. The minimum atomic E-state index is -0.758. The summed E-state index contributed by atoms with van der Waals surface area (Å²) in [5.74, 6) is -0.716. The molecule has 0 radical (unpaired) electrons. The van der Waals surface area contributed by atoms with E-state index in [1.165, 1.54) is 19.1 Å². The first kappa shape index (κ1) is 10.9. The van der Waals surface area contributed by atoms with Gasteiger partial charge in [0, 0.05) is 5.57 Å². The van der Waals surface area contributed by atoms with Crippen molar-refractivity contribution >= 4 is 11.6 Å². The van der Waals surface area contributed by atoms with Crippen molar-refractivity contribution < 1.29 is 9.83 Å². The molecule has 0 atom stereocenters. The van der Waals surface area contributed by atoms with Gasteiger partial charge in [0.15, 0.2) is 5.03 Å². The lowest BCUT2D eigenvalue weighted by Crippen LogP contribution is -2.36. The molecule has 5 heteroatoms. The fourth-order valence-electron chi connectivity index (χ4n) is 1.04. The largest absolute Gasteiger partial charge is 0.315 e. The number of hydrogen-bond donors (Lipinski definition) is 0. The molecule has 1 aromatic rings. The highest BCUT2D eigenvalue weighted by Gasteiger charge is 2.26. The Morgan fingerprint density at radius 1 is 1.40 bits per heavy atom. The number of rotatable bonds is 3. The van der Waals surface area contributed by atoms with Crippen LogP contribution in [0.1, 0.15) is 6.92 Å². The number of carbonyl (C=O) groups is 1. The van der Waals surface area contributed by atoms with Crippen molar-refractivity contribution in [2.75, 3.05) is 5.01 Å². The van der Waals surface area contributed by atoms with E-state index in [4.69, 9.17) is 0 Å². The number of benzene rings is 1. The monoisotopic (exact) mass is 206 g/mol. The summed E-state index contributed by atoms with van der Waals surface area (Å²) >= 11 is 0. The molecule has 15 heavy (non-hydrogen) atoms. The maximum Gasteiger partial charge on any atom is 0.315 e. The first-order valence-corrected chi connectivity index (χ1v) is 4.23. The van der Waals surface area contributed by atoms with Crippen LogP contribution in [-0.2, 0) is 4.79 Å². The van der Waals surface area contributed by atoms with E-state index in [0.717, 1.165) is 0 Å². The van der Waals surface area contributed by atoms with Crippen LogP contribution in [0.5, 0.6) is 0 Å². The van der Waals surface area contributed by atoms with Crippen molar-refractivity contribution in [2.24, 2.45) is 0 Å². The molecule has 0 aliphatic carbocycles. The molecule has 0 aliphatic heterocycles. The highest BCUT2D eigenvalue weighted by Crippen LogP contribution is 2.15. The lowest BCUT2D eigenvalue weighted by Gasteiger charge is -2.11. The van der Waals surface area contributed by atoms with Crippen LogP contribution in [0.3, 0.4) is 0 Å². The van der Waals surface area contributed by atoms with Gasteiger partial charge >= 0.3 is 5.91 Å². The number of hydrazine groups is 1. The summed E-state index contributed by atoms with van der Waals surface area (Å²) in [6.07, 6.45) is 0. The fourth-order valence-corrected chi connectivity index (χ4v) is 1.04. The van der Waals surface area contributed by atoms with Crippen LogP contribution in [0.15, 0.2) is 42.5 Å². The molecule has 0 bridgehead atoms. The maximum atomic E-state index is 11.5. The fraction of sp³-hybridized carbons (Fsp3) is 0.100. The van der Waals surface area contributed by atoms with Gasteiger partial charge < -0.3 is 0 Å². The molecule has 1 amide bonds. The first-order chi connectivity index (χ1) is 7.04. The summed E-state index contributed by atoms with van der Waals surface area (Å²) in [5.41, 5.74) is 0.339. The van der Waals surface area contributed by atoms with E-state index < -0.39 is 10.9 Å². The Morgan fingerprint density at radius 3 is 2.33 bits per heavy atom. The number of amides is 1. The number of anilines is 1. The first-order valence-electron chi connectivity index (χ1n) is 4.23. The van der Waals surface area contributed by atoms with Crippen molar-refractivity contribution in [3.63, 3.8) is 0 Å². The van der Waals surface area contributed by atoms with Gasteiger partial charge in [-0.15, -0.1) is 0 Å². The van der Waals surface area contributed by atoms with Gasteiger partial charge in [-0.1, -0.05) is 24.8 Å². The molecule has 0 saturated carbocycles. The number of carbonyl (C=O) groups excluding carboxylic acids is 1. The Balaban J connectivity index is 3.10. The summed E-state index contributed by atoms with van der Waals surface area (Å²) in [6.45, 7) is 4.82. The molecule has 0 spiro atoms. The van der Waals surface area contributed by atoms with E-state index in [-0.39, 0.29) is 11.3 Å². The number of nitrogens with zero attached hydrogens (tertiary/aromatic N) is 2. The van der Waals surface area contributed by atoms with Gasteiger partial charge in [-0.2, -0.15) is 0 Å². The molecule has 0 unspecified atom stereocenters. The summed E-state index contributed by atoms with van der Waals surface area (Å²) in [4.78, 5) is 22.2. The molecule has 0 heterocycles. The van der Waals surface area contributed by atoms with Gasteiger partial charge in [-0.25, -0.2) is 10.1 Å². The highest BCUT2D eigenvalue weighted by atomic mass is 16.7. The topological polar surface area (TPSA) is 63.5 Å². The molecule has 0 saturated heterocycles. The third-order valence-electron chi connectivity index (χ3n) is 1.72. The molecule has 0 fully saturated rings. The van der Waals surface area contributed by atoms with Gasteiger partial charge in [0.2, 0.25) is 0 Å². The van der Waals surface area contributed by atoms with Crippen LogP contribution in [0.2, 0.25) is 0 Å². The van der Waals surface area contributed by atoms with E-state index >= 15 is 0 Å². The molecule has 1 rings (SSSR count). The zero-order chi connectivity index (χ0) is 11.4. The third kappa shape index (κ3) is 2.40. The van der Waals surface area contributed by atoms with Crippen LogP contribution >= 0.6 is 0 Å². The SMILES string of the molecule is C=C(C)C(=O)N(c1ccccc1)[N+](=O)[O-]. The molecule has 5 nitrogen and oxygen atoms in total. The average molecular weight is 206 g/mol. The predicted octanol–water partition coefficient (Wildman–Crippen LogP) is 1.79. The Bertz CT molecular complexity index is 400. The Hall–Kier alpha value is -2.17. The molecular weight excluding hydrogens is 196 g/mol. The summed E-state index contributed by atoms with van der Waals surface area (Å²) in [5, 5.41) is 10.4. The minimum Gasteiger partial charge on any atom is -0.263 e. The normalized spacial score (nSPS) is 9.40. The van der Waals surface area contributed by atoms with Crippen molar-refractivity contribution in [3.8, 4) is 0 Å². The predicted molar refractivity (Wildman–Crippen MR) is 55.7 cm³/mol. The molecule has 0 aromatic heterocycles. The molecule has 0 N–H and O–H groups in total. The zero-order valence-corrected chi connectivity index (χ0v) is 8.21. The minimum absolute atomic E-state index is 0.121. The molecular formula is C10H10N2O3. The summed E-state index contributed by atoms with van der Waals surface area (Å²) < 4.78 is 0. The van der Waals surface area contributed by atoms with E-state index in [9.17, 15) is 14.9 Å². The maximum absolute atomic E-state index is 11.5. The van der Waals surface area contributed by atoms with Crippen molar-refractivity contribution in [3.05, 3.63) is 52.6 Å². The van der Waals surface area contributed by atoms with Crippen molar-refractivity contribution in [1.29, 1.82) is 0 Å². The van der Waals surface area contributed by atoms with E-state index in [1.54, 1.807) is 18.2 Å². The Morgan fingerprint density at radius 2 is 1.93 bits per heavy atom. The molecule has 1 aromatic carbocycles. The Kier molecular flexibility index (Phi) is 3.17. The van der Waals surface area contributed by atoms with Gasteiger partial charge in [-0.3, -0.25) is 4.79 Å².